The fraction of sp³-hybridized carbons (Fsp3) is 1.00. The van der Waals surface area contributed by atoms with Gasteiger partial charge in [-0.05, 0) is 36.4 Å². The Morgan fingerprint density at radius 3 is 0.700 bits per heavy atom. The molecule has 3 saturated heterocycles. The van der Waals surface area contributed by atoms with Gasteiger partial charge in [-0.2, -0.15) is 0 Å². The highest BCUT2D eigenvalue weighted by Crippen LogP contribution is 3.48. The highest BCUT2D eigenvalue weighted by molar-refractivity contribution is 7.28. The first kappa shape index (κ1) is 15.1. The third-order valence-electron chi connectivity index (χ3n) is 7.62. The van der Waals surface area contributed by atoms with Crippen LogP contribution in [0, 0.1) is 16.2 Å². The zero-order chi connectivity index (χ0) is 16.0. The minimum Gasteiger partial charge on any atom is -0.0625 e. The second-order valence-electron chi connectivity index (χ2n) is 12.0. The Hall–Kier alpha value is 0.217. The fourth-order valence-electron chi connectivity index (χ4n) is 8.81. The summed E-state index contributed by atoms with van der Waals surface area (Å²) in [5.74, 6) is 0. The van der Waals surface area contributed by atoms with Gasteiger partial charge in [-0.15, -0.1) is 0 Å². The zero-order valence-corrected chi connectivity index (χ0v) is 17.0. The van der Waals surface area contributed by atoms with E-state index in [2.05, 4.69) is 83.1 Å². The summed E-state index contributed by atoms with van der Waals surface area (Å²) in [6.45, 7) is 30.5. The molecular formula is C19H36Si. The van der Waals surface area contributed by atoms with Crippen LogP contribution in [0.25, 0.3) is 0 Å². The molecule has 0 unspecified atom stereocenters. The monoisotopic (exact) mass is 292 g/mol. The van der Waals surface area contributed by atoms with Gasteiger partial charge in [-0.3, -0.25) is 0 Å². The van der Waals surface area contributed by atoms with Gasteiger partial charge in [0, 0.05) is 0 Å². The summed E-state index contributed by atoms with van der Waals surface area (Å²) in [7, 11) is -1.22. The van der Waals surface area contributed by atoms with E-state index < -0.39 is 8.07 Å². The standard InChI is InChI=1S/C19H36Si/c1-13(2,3)17-18(14(4,5)6)19(17,15(7,8)9)20(17,18)16(10,11)12/h1-12H3. The van der Waals surface area contributed by atoms with Crippen molar-refractivity contribution in [1.82, 2.24) is 0 Å². The molecule has 20 heavy (non-hydrogen) atoms. The van der Waals surface area contributed by atoms with Crippen LogP contribution in [0.1, 0.15) is 83.1 Å². The maximum atomic E-state index is 2.56. The van der Waals surface area contributed by atoms with Gasteiger partial charge >= 0.3 is 0 Å². The zero-order valence-electron chi connectivity index (χ0n) is 16.0. The van der Waals surface area contributed by atoms with Crippen LogP contribution in [0.5, 0.6) is 0 Å². The van der Waals surface area contributed by atoms with Crippen molar-refractivity contribution >= 4 is 8.07 Å². The summed E-state index contributed by atoms with van der Waals surface area (Å²) in [4.78, 5) is 0. The van der Waals surface area contributed by atoms with Gasteiger partial charge in [0.15, 0.2) is 0 Å². The average Bonchev–Trinajstić information content (AvgIpc) is 2.93. The lowest BCUT2D eigenvalue weighted by Crippen LogP contribution is -2.19. The summed E-state index contributed by atoms with van der Waals surface area (Å²) in [5.41, 5.74) is 1.44. The van der Waals surface area contributed by atoms with E-state index in [4.69, 9.17) is 0 Å². The molecule has 3 aliphatic heterocycles. The Kier molecular flexibility index (Phi) is 2.07. The quantitative estimate of drug-likeness (QED) is 0.439. The van der Waals surface area contributed by atoms with Crippen LogP contribution in [0.4, 0.5) is 0 Å². The van der Waals surface area contributed by atoms with Crippen LogP contribution in [0.2, 0.25) is 20.2 Å². The predicted molar refractivity (Wildman–Crippen MR) is 91.9 cm³/mol. The average molecular weight is 293 g/mol. The van der Waals surface area contributed by atoms with Crippen molar-refractivity contribution in [1.29, 1.82) is 0 Å². The minimum absolute atomic E-state index is 0.479. The topological polar surface area (TPSA) is 0 Å². The highest BCUT2D eigenvalue weighted by Gasteiger charge is 3.40. The Bertz CT molecular complexity index is 370. The van der Waals surface area contributed by atoms with Crippen molar-refractivity contribution in [2.24, 2.45) is 16.2 Å². The van der Waals surface area contributed by atoms with E-state index in [1.807, 2.05) is 0 Å². The molecule has 0 aromatic rings. The molecule has 0 aromatic carbocycles. The second kappa shape index (κ2) is 2.74. The first-order valence-corrected chi connectivity index (χ1v) is 10.5. The van der Waals surface area contributed by atoms with Crippen molar-refractivity contribution in [2.45, 2.75) is 103 Å². The van der Waals surface area contributed by atoms with Crippen molar-refractivity contribution in [3.63, 3.8) is 0 Å². The van der Waals surface area contributed by atoms with E-state index in [-0.39, 0.29) is 0 Å². The Morgan fingerprint density at radius 1 is 0.450 bits per heavy atom. The largest absolute Gasteiger partial charge is 0.0809 e. The van der Waals surface area contributed by atoms with Gasteiger partial charge in [-0.1, -0.05) is 83.1 Å². The molecule has 116 valence electrons. The predicted octanol–water partition coefficient (Wildman–Crippen LogP) is 6.64. The second-order valence-corrected chi connectivity index (χ2v) is 17.2. The third-order valence-corrected chi connectivity index (χ3v) is 17.0. The molecule has 1 heteroatoms. The van der Waals surface area contributed by atoms with E-state index in [9.17, 15) is 0 Å². The minimum atomic E-state index is -1.22. The van der Waals surface area contributed by atoms with Crippen LogP contribution in [-0.2, 0) is 0 Å². The molecule has 0 N–H and O–H groups in total. The molecule has 0 atom stereocenters. The maximum absolute atomic E-state index is 2.56. The van der Waals surface area contributed by atoms with Crippen LogP contribution >= 0.6 is 0 Å². The molecule has 4 aliphatic rings. The maximum Gasteiger partial charge on any atom is 0.0809 e. The highest BCUT2D eigenvalue weighted by atomic mass is 28.4. The van der Waals surface area contributed by atoms with Crippen LogP contribution in [0.15, 0.2) is 0 Å². The summed E-state index contributed by atoms with van der Waals surface area (Å²) in [6, 6.07) is 0. The molecule has 0 amide bonds. The van der Waals surface area contributed by atoms with E-state index in [0.29, 0.717) is 21.3 Å². The Balaban J connectivity index is 2.26. The van der Waals surface area contributed by atoms with Crippen molar-refractivity contribution in [3.05, 3.63) is 0 Å². The molecule has 0 radical (unpaired) electrons. The van der Waals surface area contributed by atoms with Crippen LogP contribution in [-0.4, -0.2) is 8.07 Å². The van der Waals surface area contributed by atoms with Gasteiger partial charge in [-0.25, -0.2) is 0 Å². The first-order valence-electron chi connectivity index (χ1n) is 8.50. The van der Waals surface area contributed by atoms with Gasteiger partial charge in [0.05, 0.1) is 8.07 Å². The van der Waals surface area contributed by atoms with Gasteiger partial charge in [0.2, 0.25) is 0 Å². The lowest BCUT2D eigenvalue weighted by Gasteiger charge is -2.23. The molecule has 3 heterocycles. The number of rotatable bonds is 0. The van der Waals surface area contributed by atoms with Crippen LogP contribution in [0.3, 0.4) is 0 Å². The smallest absolute Gasteiger partial charge is 0.0625 e. The fourth-order valence-corrected chi connectivity index (χ4v) is 22.7. The van der Waals surface area contributed by atoms with Crippen molar-refractivity contribution < 1.29 is 0 Å². The van der Waals surface area contributed by atoms with Crippen molar-refractivity contribution in [2.75, 3.05) is 0 Å². The summed E-state index contributed by atoms with van der Waals surface area (Å²) >= 11 is 0. The first-order chi connectivity index (χ1) is 8.50. The van der Waals surface area contributed by atoms with E-state index in [1.165, 1.54) is 0 Å². The molecule has 4 fully saturated rings. The number of hydrogen-bond acceptors (Lipinski definition) is 0. The Labute approximate surface area is 128 Å². The van der Waals surface area contributed by atoms with Gasteiger partial charge in [0.1, 0.15) is 0 Å². The lowest BCUT2D eigenvalue weighted by atomic mass is 9.81. The SMILES string of the molecule is CC(C)(C)C12C3(C(C)(C)C)C1(C(C)(C)C)[Si]23C(C)(C)C. The Morgan fingerprint density at radius 2 is 0.650 bits per heavy atom. The van der Waals surface area contributed by atoms with Gasteiger partial charge in [0.25, 0.3) is 0 Å². The number of hydrogen-bond donors (Lipinski definition) is 0. The summed E-state index contributed by atoms with van der Waals surface area (Å²) < 4.78 is 0. The molecule has 0 aromatic heterocycles. The molecular weight excluding hydrogens is 256 g/mol. The molecule has 0 nitrogen and oxygen atoms in total. The van der Waals surface area contributed by atoms with E-state index in [0.717, 1.165) is 15.1 Å². The van der Waals surface area contributed by atoms with Crippen LogP contribution < -0.4 is 0 Å². The van der Waals surface area contributed by atoms with E-state index >= 15 is 0 Å². The normalized spacial score (nSPS) is 49.8. The summed E-state index contributed by atoms with van der Waals surface area (Å²) in [5, 5.41) is 2.71. The van der Waals surface area contributed by atoms with Gasteiger partial charge < -0.3 is 0 Å². The molecule has 4 rings (SSSR count). The van der Waals surface area contributed by atoms with Crippen molar-refractivity contribution in [3.8, 4) is 0 Å². The lowest BCUT2D eigenvalue weighted by molar-refractivity contribution is 0.326. The molecule has 1 saturated carbocycles. The molecule has 0 spiro atoms. The molecule has 1 aliphatic carbocycles. The summed E-state index contributed by atoms with van der Waals surface area (Å²) in [6.07, 6.45) is 0. The third kappa shape index (κ3) is 0.799. The van der Waals surface area contributed by atoms with E-state index in [1.54, 1.807) is 0 Å². The molecule has 0 bridgehead atoms.